The molecule has 0 aromatic carbocycles. The van der Waals surface area contributed by atoms with E-state index in [0.717, 1.165) is 13.0 Å². The Bertz CT molecular complexity index is 223. The van der Waals surface area contributed by atoms with Crippen LogP contribution in [0.2, 0.25) is 0 Å². The molecule has 88 valence electrons. The number of hydrogen-bond acceptors (Lipinski definition) is 2. The van der Waals surface area contributed by atoms with Crippen LogP contribution in [0, 0.1) is 5.92 Å². The Kier molecular flexibility index (Phi) is 4.45. The molecule has 3 nitrogen and oxygen atoms in total. The second kappa shape index (κ2) is 5.39. The van der Waals surface area contributed by atoms with Crippen LogP contribution in [0.4, 0.5) is 8.78 Å². The summed E-state index contributed by atoms with van der Waals surface area (Å²) in [7, 11) is 3.47. The molecule has 1 heterocycles. The van der Waals surface area contributed by atoms with E-state index in [4.69, 9.17) is 0 Å². The maximum absolute atomic E-state index is 12.0. The van der Waals surface area contributed by atoms with Gasteiger partial charge in [0.1, 0.15) is 0 Å². The minimum atomic E-state index is -2.28. The summed E-state index contributed by atoms with van der Waals surface area (Å²) in [5, 5.41) is 0. The minimum absolute atomic E-state index is 0.163. The summed E-state index contributed by atoms with van der Waals surface area (Å²) in [4.78, 5) is 14.5. The number of carbonyl (C=O) groups is 1. The number of hydrogen-bond donors (Lipinski definition) is 0. The van der Waals surface area contributed by atoms with Crippen molar-refractivity contribution in [1.29, 1.82) is 0 Å². The van der Waals surface area contributed by atoms with Crippen molar-refractivity contribution in [3.8, 4) is 0 Å². The van der Waals surface area contributed by atoms with E-state index >= 15 is 0 Å². The van der Waals surface area contributed by atoms with Gasteiger partial charge in [-0.15, -0.1) is 0 Å². The Morgan fingerprint density at radius 2 is 2.27 bits per heavy atom. The third-order valence-corrected chi connectivity index (χ3v) is 2.79. The Labute approximate surface area is 89.0 Å². The number of amides is 1. The molecule has 1 unspecified atom stereocenters. The second-order valence-corrected chi connectivity index (χ2v) is 4.29. The fourth-order valence-electron chi connectivity index (χ4n) is 1.88. The highest BCUT2D eigenvalue weighted by Crippen LogP contribution is 2.19. The van der Waals surface area contributed by atoms with Crippen LogP contribution >= 0.6 is 0 Å². The maximum atomic E-state index is 12.0. The first-order valence-electron chi connectivity index (χ1n) is 5.19. The molecule has 1 rings (SSSR count). The van der Waals surface area contributed by atoms with Crippen LogP contribution in [0.15, 0.2) is 0 Å². The zero-order valence-electron chi connectivity index (χ0n) is 9.25. The van der Waals surface area contributed by atoms with Crippen LogP contribution in [0.3, 0.4) is 0 Å². The number of likely N-dealkylation sites (tertiary alicyclic amines) is 1. The molecule has 0 N–H and O–H groups in total. The van der Waals surface area contributed by atoms with E-state index < -0.39 is 6.43 Å². The largest absolute Gasteiger partial charge is 0.345 e. The lowest BCUT2D eigenvalue weighted by Gasteiger charge is -2.18. The van der Waals surface area contributed by atoms with Crippen molar-refractivity contribution in [2.75, 3.05) is 33.7 Å². The summed E-state index contributed by atoms with van der Waals surface area (Å²) < 4.78 is 24.0. The molecule has 0 aliphatic carbocycles. The van der Waals surface area contributed by atoms with Gasteiger partial charge in [0.2, 0.25) is 5.91 Å². The first-order valence-corrected chi connectivity index (χ1v) is 5.19. The van der Waals surface area contributed by atoms with Crippen molar-refractivity contribution in [1.82, 2.24) is 9.80 Å². The standard InChI is InChI=1S/C10H18F2N2O/c1-13(7-9(11)12)4-3-8-5-10(15)14(2)6-8/h8-9H,3-7H2,1-2H3. The number of alkyl halides is 2. The average molecular weight is 220 g/mol. The van der Waals surface area contributed by atoms with Crippen molar-refractivity contribution >= 4 is 5.91 Å². The molecule has 0 aromatic rings. The summed E-state index contributed by atoms with van der Waals surface area (Å²) in [6, 6.07) is 0. The van der Waals surface area contributed by atoms with E-state index in [2.05, 4.69) is 0 Å². The van der Waals surface area contributed by atoms with E-state index in [-0.39, 0.29) is 12.5 Å². The average Bonchev–Trinajstić information content (AvgIpc) is 2.42. The van der Waals surface area contributed by atoms with E-state index in [1.807, 2.05) is 0 Å². The van der Waals surface area contributed by atoms with E-state index in [9.17, 15) is 13.6 Å². The molecule has 1 fully saturated rings. The van der Waals surface area contributed by atoms with Gasteiger partial charge in [-0.1, -0.05) is 0 Å². The van der Waals surface area contributed by atoms with Gasteiger partial charge in [-0.3, -0.25) is 4.79 Å². The third kappa shape index (κ3) is 4.11. The van der Waals surface area contributed by atoms with E-state index in [0.29, 0.717) is 18.9 Å². The first-order chi connectivity index (χ1) is 6.99. The topological polar surface area (TPSA) is 23.6 Å². The summed E-state index contributed by atoms with van der Waals surface area (Å²) in [5.41, 5.74) is 0. The number of carbonyl (C=O) groups excluding carboxylic acids is 1. The van der Waals surface area contributed by atoms with E-state index in [1.165, 1.54) is 0 Å². The Balaban J connectivity index is 2.18. The van der Waals surface area contributed by atoms with Gasteiger partial charge < -0.3 is 9.80 Å². The third-order valence-electron chi connectivity index (χ3n) is 2.79. The molecule has 1 saturated heterocycles. The minimum Gasteiger partial charge on any atom is -0.345 e. The monoisotopic (exact) mass is 220 g/mol. The van der Waals surface area contributed by atoms with Gasteiger partial charge in [0, 0.05) is 20.0 Å². The smallest absolute Gasteiger partial charge is 0.251 e. The quantitative estimate of drug-likeness (QED) is 0.691. The Hall–Kier alpha value is -0.710. The molecule has 5 heteroatoms. The van der Waals surface area contributed by atoms with Gasteiger partial charge in [0.15, 0.2) is 0 Å². The van der Waals surface area contributed by atoms with Crippen molar-refractivity contribution in [2.45, 2.75) is 19.3 Å². The molecule has 0 radical (unpaired) electrons. The van der Waals surface area contributed by atoms with Crippen LogP contribution in [0.25, 0.3) is 0 Å². The lowest BCUT2D eigenvalue weighted by atomic mass is 10.0. The lowest BCUT2D eigenvalue weighted by molar-refractivity contribution is -0.126. The number of halogens is 2. The second-order valence-electron chi connectivity index (χ2n) is 4.29. The first kappa shape index (κ1) is 12.4. The fourth-order valence-corrected chi connectivity index (χ4v) is 1.88. The Morgan fingerprint density at radius 3 is 2.73 bits per heavy atom. The molecule has 0 aromatic heterocycles. The van der Waals surface area contributed by atoms with Crippen LogP contribution < -0.4 is 0 Å². The van der Waals surface area contributed by atoms with Crippen molar-refractivity contribution in [2.24, 2.45) is 5.92 Å². The summed E-state index contributed by atoms with van der Waals surface area (Å²) in [6.45, 7) is 1.22. The Morgan fingerprint density at radius 1 is 1.60 bits per heavy atom. The molecule has 0 spiro atoms. The van der Waals surface area contributed by atoms with Gasteiger partial charge in [-0.2, -0.15) is 0 Å². The SMILES string of the molecule is CN(CCC1CC(=O)N(C)C1)CC(F)F. The van der Waals surface area contributed by atoms with Crippen molar-refractivity contribution < 1.29 is 13.6 Å². The van der Waals surface area contributed by atoms with Gasteiger partial charge in [0.25, 0.3) is 6.43 Å². The highest BCUT2D eigenvalue weighted by Gasteiger charge is 2.26. The van der Waals surface area contributed by atoms with Crippen LogP contribution in [-0.4, -0.2) is 55.9 Å². The van der Waals surface area contributed by atoms with Crippen LogP contribution in [0.1, 0.15) is 12.8 Å². The highest BCUT2D eigenvalue weighted by molar-refractivity contribution is 5.78. The summed E-state index contributed by atoms with van der Waals surface area (Å²) >= 11 is 0. The van der Waals surface area contributed by atoms with Crippen molar-refractivity contribution in [3.63, 3.8) is 0 Å². The predicted molar refractivity (Wildman–Crippen MR) is 53.9 cm³/mol. The normalized spacial score (nSPS) is 22.1. The van der Waals surface area contributed by atoms with Gasteiger partial charge in [-0.05, 0) is 25.9 Å². The molecular formula is C10H18F2N2O. The molecule has 15 heavy (non-hydrogen) atoms. The van der Waals surface area contributed by atoms with Crippen molar-refractivity contribution in [3.05, 3.63) is 0 Å². The molecule has 1 aliphatic heterocycles. The predicted octanol–water partition coefficient (Wildman–Crippen LogP) is 1.05. The number of nitrogens with zero attached hydrogens (tertiary/aromatic N) is 2. The van der Waals surface area contributed by atoms with Gasteiger partial charge >= 0.3 is 0 Å². The number of rotatable bonds is 5. The van der Waals surface area contributed by atoms with Gasteiger partial charge in [0.05, 0.1) is 6.54 Å². The zero-order valence-corrected chi connectivity index (χ0v) is 9.25. The van der Waals surface area contributed by atoms with Crippen LogP contribution in [-0.2, 0) is 4.79 Å². The zero-order chi connectivity index (χ0) is 11.4. The van der Waals surface area contributed by atoms with Gasteiger partial charge in [-0.25, -0.2) is 8.78 Å². The molecule has 0 bridgehead atoms. The molecule has 1 atom stereocenters. The molecule has 0 saturated carbocycles. The lowest BCUT2D eigenvalue weighted by Crippen LogP contribution is -2.27. The highest BCUT2D eigenvalue weighted by atomic mass is 19.3. The summed E-state index contributed by atoms with van der Waals surface area (Å²) in [5.74, 6) is 0.499. The molecule has 1 aliphatic rings. The van der Waals surface area contributed by atoms with Crippen LogP contribution in [0.5, 0.6) is 0 Å². The summed E-state index contributed by atoms with van der Waals surface area (Å²) in [6.07, 6.45) is -0.888. The molecular weight excluding hydrogens is 202 g/mol. The maximum Gasteiger partial charge on any atom is 0.251 e. The van der Waals surface area contributed by atoms with E-state index in [1.54, 1.807) is 23.9 Å². The molecule has 1 amide bonds. The fraction of sp³-hybridized carbons (Fsp3) is 0.900.